The van der Waals surface area contributed by atoms with Gasteiger partial charge in [-0.25, -0.2) is 0 Å². The monoisotopic (exact) mass is 240 g/mol. The largest absolute Gasteiger partial charge is 0.393 e. The summed E-state index contributed by atoms with van der Waals surface area (Å²) in [5.41, 5.74) is 7.54. The van der Waals surface area contributed by atoms with Gasteiger partial charge in [0.1, 0.15) is 5.69 Å². The van der Waals surface area contributed by atoms with Gasteiger partial charge in [0.2, 0.25) is 0 Å². The van der Waals surface area contributed by atoms with Crippen molar-refractivity contribution >= 4 is 23.5 Å². The molecule has 0 bridgehead atoms. The van der Waals surface area contributed by atoms with Crippen LogP contribution in [0.1, 0.15) is 11.1 Å². The van der Waals surface area contributed by atoms with E-state index in [2.05, 4.69) is 0 Å². The Morgan fingerprint density at radius 2 is 1.72 bits per heavy atom. The lowest BCUT2D eigenvalue weighted by Gasteiger charge is -2.01. The van der Waals surface area contributed by atoms with E-state index in [9.17, 15) is 10.1 Å². The summed E-state index contributed by atoms with van der Waals surface area (Å²) in [5, 5.41) is 10.7. The molecule has 0 saturated heterocycles. The van der Waals surface area contributed by atoms with Crippen LogP contribution in [0.3, 0.4) is 0 Å². The molecule has 2 rings (SSSR count). The molecule has 2 aromatic carbocycles. The highest BCUT2D eigenvalue weighted by molar-refractivity contribution is 5.79. The first-order chi connectivity index (χ1) is 8.68. The average molecular weight is 240 g/mol. The number of nitro groups is 1. The minimum Gasteiger partial charge on any atom is -0.393 e. The molecule has 0 atom stereocenters. The minimum absolute atomic E-state index is 0.0646. The van der Waals surface area contributed by atoms with Crippen LogP contribution in [0.15, 0.2) is 48.5 Å². The second kappa shape index (κ2) is 5.14. The Morgan fingerprint density at radius 1 is 1.00 bits per heavy atom. The van der Waals surface area contributed by atoms with Gasteiger partial charge < -0.3 is 5.73 Å². The second-order valence-electron chi connectivity index (χ2n) is 3.78. The van der Waals surface area contributed by atoms with Gasteiger partial charge in [0.25, 0.3) is 5.69 Å². The zero-order valence-electron chi connectivity index (χ0n) is 9.61. The van der Waals surface area contributed by atoms with Crippen molar-refractivity contribution in [3.8, 4) is 0 Å². The maximum atomic E-state index is 10.7. The van der Waals surface area contributed by atoms with Crippen molar-refractivity contribution < 1.29 is 4.92 Å². The number of para-hydroxylation sites is 1. The molecule has 0 saturated carbocycles. The molecular formula is C14H12N2O2. The number of nitrogens with two attached hydrogens (primary N) is 1. The molecule has 0 heterocycles. The lowest BCUT2D eigenvalue weighted by molar-refractivity contribution is -0.383. The van der Waals surface area contributed by atoms with E-state index < -0.39 is 4.92 Å². The maximum Gasteiger partial charge on any atom is 0.292 e. The number of nitrogens with zero attached hydrogens (tertiary/aromatic N) is 1. The van der Waals surface area contributed by atoms with Crippen LogP contribution in [0.4, 0.5) is 11.4 Å². The summed E-state index contributed by atoms with van der Waals surface area (Å²) >= 11 is 0. The van der Waals surface area contributed by atoms with Gasteiger partial charge in [0.05, 0.1) is 4.92 Å². The first kappa shape index (κ1) is 11.9. The smallest absolute Gasteiger partial charge is 0.292 e. The van der Waals surface area contributed by atoms with Gasteiger partial charge in [-0.15, -0.1) is 0 Å². The molecule has 0 unspecified atom stereocenters. The van der Waals surface area contributed by atoms with Crippen LogP contribution in [-0.2, 0) is 0 Å². The van der Waals surface area contributed by atoms with Crippen LogP contribution in [0.25, 0.3) is 12.2 Å². The quantitative estimate of drug-likeness (QED) is 0.387. The fraction of sp³-hybridized carbons (Fsp3) is 0. The van der Waals surface area contributed by atoms with Crippen LogP contribution in [-0.4, -0.2) is 4.92 Å². The van der Waals surface area contributed by atoms with Gasteiger partial charge in [-0.2, -0.15) is 0 Å². The third-order valence-corrected chi connectivity index (χ3v) is 2.57. The standard InChI is InChI=1S/C14H12N2O2/c15-14-12(7-4-8-13(14)16(17)18)10-9-11-5-2-1-3-6-11/h1-10H,15H2. The Kier molecular flexibility index (Phi) is 3.38. The molecule has 90 valence electrons. The third-order valence-electron chi connectivity index (χ3n) is 2.57. The lowest BCUT2D eigenvalue weighted by Crippen LogP contribution is -1.97. The van der Waals surface area contributed by atoms with Crippen molar-refractivity contribution in [2.24, 2.45) is 0 Å². The molecule has 4 nitrogen and oxygen atoms in total. The second-order valence-corrected chi connectivity index (χ2v) is 3.78. The SMILES string of the molecule is Nc1c(C=Cc2ccccc2)cccc1[N+](=O)[O-]. The van der Waals surface area contributed by atoms with Crippen molar-refractivity contribution in [1.82, 2.24) is 0 Å². The topological polar surface area (TPSA) is 69.2 Å². The zero-order valence-corrected chi connectivity index (χ0v) is 9.61. The van der Waals surface area contributed by atoms with E-state index in [-0.39, 0.29) is 11.4 Å². The van der Waals surface area contributed by atoms with Crippen LogP contribution in [0, 0.1) is 10.1 Å². The molecular weight excluding hydrogens is 228 g/mol. The van der Waals surface area contributed by atoms with E-state index in [0.717, 1.165) is 5.56 Å². The number of rotatable bonds is 3. The summed E-state index contributed by atoms with van der Waals surface area (Å²) in [6, 6.07) is 14.5. The molecule has 4 heteroatoms. The molecule has 2 N–H and O–H groups in total. The van der Waals surface area contributed by atoms with Crippen LogP contribution in [0.2, 0.25) is 0 Å². The number of anilines is 1. The fourth-order valence-electron chi connectivity index (χ4n) is 1.63. The normalized spacial score (nSPS) is 10.7. The van der Waals surface area contributed by atoms with Crippen molar-refractivity contribution in [2.45, 2.75) is 0 Å². The molecule has 0 aliphatic rings. The predicted octanol–water partition coefficient (Wildman–Crippen LogP) is 3.35. The van der Waals surface area contributed by atoms with Crippen molar-refractivity contribution in [3.63, 3.8) is 0 Å². The number of hydrogen-bond donors (Lipinski definition) is 1. The van der Waals surface area contributed by atoms with Crippen LogP contribution < -0.4 is 5.73 Å². The van der Waals surface area contributed by atoms with Gasteiger partial charge in [-0.05, 0) is 5.56 Å². The highest BCUT2D eigenvalue weighted by Gasteiger charge is 2.12. The summed E-state index contributed by atoms with van der Waals surface area (Å²) < 4.78 is 0. The van der Waals surface area contributed by atoms with E-state index >= 15 is 0 Å². The van der Waals surface area contributed by atoms with E-state index in [1.54, 1.807) is 18.2 Å². The molecule has 0 spiro atoms. The van der Waals surface area contributed by atoms with E-state index in [4.69, 9.17) is 5.73 Å². The predicted molar refractivity (Wildman–Crippen MR) is 72.9 cm³/mol. The van der Waals surface area contributed by atoms with Crippen molar-refractivity contribution in [1.29, 1.82) is 0 Å². The lowest BCUT2D eigenvalue weighted by atomic mass is 10.1. The molecule has 0 fully saturated rings. The van der Waals surface area contributed by atoms with Crippen LogP contribution >= 0.6 is 0 Å². The van der Waals surface area contributed by atoms with Crippen molar-refractivity contribution in [3.05, 3.63) is 69.8 Å². The molecule has 0 radical (unpaired) electrons. The summed E-state index contributed by atoms with van der Waals surface area (Å²) in [6.07, 6.45) is 3.65. The highest BCUT2D eigenvalue weighted by atomic mass is 16.6. The fourth-order valence-corrected chi connectivity index (χ4v) is 1.63. The molecule has 0 aromatic heterocycles. The Hall–Kier alpha value is -2.62. The van der Waals surface area contributed by atoms with Gasteiger partial charge in [0.15, 0.2) is 0 Å². The first-order valence-electron chi connectivity index (χ1n) is 5.44. The zero-order chi connectivity index (χ0) is 13.0. The maximum absolute atomic E-state index is 10.7. The van der Waals surface area contributed by atoms with Crippen molar-refractivity contribution in [2.75, 3.05) is 5.73 Å². The Labute approximate surface area is 105 Å². The van der Waals surface area contributed by atoms with Gasteiger partial charge >= 0.3 is 0 Å². The Morgan fingerprint density at radius 3 is 2.39 bits per heavy atom. The molecule has 0 amide bonds. The number of hydrogen-bond acceptors (Lipinski definition) is 3. The van der Waals surface area contributed by atoms with Crippen LogP contribution in [0.5, 0.6) is 0 Å². The minimum atomic E-state index is -0.477. The third kappa shape index (κ3) is 2.55. The molecule has 0 aliphatic heterocycles. The summed E-state index contributed by atoms with van der Waals surface area (Å²) in [5.74, 6) is 0. The van der Waals surface area contributed by atoms with E-state index in [0.29, 0.717) is 5.56 Å². The summed E-state index contributed by atoms with van der Waals surface area (Å²) in [4.78, 5) is 10.3. The van der Waals surface area contributed by atoms with Gasteiger partial charge in [-0.1, -0.05) is 54.6 Å². The number of nitro benzene ring substituents is 1. The van der Waals surface area contributed by atoms with E-state index in [1.807, 2.05) is 36.4 Å². The Balaban J connectivity index is 2.33. The summed E-state index contributed by atoms with van der Waals surface area (Å²) in [7, 11) is 0. The molecule has 18 heavy (non-hydrogen) atoms. The number of benzene rings is 2. The first-order valence-corrected chi connectivity index (χ1v) is 5.44. The summed E-state index contributed by atoms with van der Waals surface area (Å²) in [6.45, 7) is 0. The highest BCUT2D eigenvalue weighted by Crippen LogP contribution is 2.26. The molecule has 2 aromatic rings. The average Bonchev–Trinajstić information content (AvgIpc) is 2.38. The molecule has 0 aliphatic carbocycles. The van der Waals surface area contributed by atoms with Gasteiger partial charge in [0, 0.05) is 11.6 Å². The van der Waals surface area contributed by atoms with Gasteiger partial charge in [-0.3, -0.25) is 10.1 Å². The van der Waals surface area contributed by atoms with E-state index in [1.165, 1.54) is 6.07 Å². The Bertz CT molecular complexity index is 592. The number of nitrogen functional groups attached to an aromatic ring is 1.